The Kier molecular flexibility index (Phi) is 3.91. The van der Waals surface area contributed by atoms with Crippen LogP contribution in [0.3, 0.4) is 0 Å². The van der Waals surface area contributed by atoms with E-state index in [2.05, 4.69) is 10.3 Å². The molecule has 3 rings (SSSR count). The van der Waals surface area contributed by atoms with Crippen molar-refractivity contribution in [3.8, 4) is 0 Å². The van der Waals surface area contributed by atoms with Crippen LogP contribution in [0.25, 0.3) is 0 Å². The summed E-state index contributed by atoms with van der Waals surface area (Å²) in [5.74, 6) is 0. The molecular weight excluding hydrogens is 280 g/mol. The van der Waals surface area contributed by atoms with Crippen molar-refractivity contribution in [2.75, 3.05) is 5.32 Å². The topological polar surface area (TPSA) is 67.2 Å². The number of rotatable bonds is 4. The standard InChI is InChI=1S/C16H18N4O2/c1-19-10-13(5-8-15(19)21)18-16(22)20(14-6-7-14)11-12-4-2-3-9-17-12/h2-5,8-10,14H,6-7,11H2,1H3,(H,18,22). The summed E-state index contributed by atoms with van der Waals surface area (Å²) in [6.45, 7) is 0.489. The van der Waals surface area contributed by atoms with Crippen molar-refractivity contribution in [3.63, 3.8) is 0 Å². The van der Waals surface area contributed by atoms with Crippen LogP contribution in [0.4, 0.5) is 10.5 Å². The van der Waals surface area contributed by atoms with Crippen LogP contribution < -0.4 is 10.9 Å². The fourth-order valence-corrected chi connectivity index (χ4v) is 2.28. The second-order valence-electron chi connectivity index (χ2n) is 5.48. The summed E-state index contributed by atoms with van der Waals surface area (Å²) in [7, 11) is 1.66. The van der Waals surface area contributed by atoms with Gasteiger partial charge in [0.25, 0.3) is 0 Å². The largest absolute Gasteiger partial charge is 0.322 e. The first-order valence-electron chi connectivity index (χ1n) is 7.28. The minimum absolute atomic E-state index is 0.106. The molecule has 6 nitrogen and oxygen atoms in total. The molecule has 1 saturated carbocycles. The maximum Gasteiger partial charge on any atom is 0.322 e. The van der Waals surface area contributed by atoms with E-state index >= 15 is 0 Å². The number of carbonyl (C=O) groups is 1. The van der Waals surface area contributed by atoms with Gasteiger partial charge in [-0.15, -0.1) is 0 Å². The first kappa shape index (κ1) is 14.3. The zero-order valence-corrected chi connectivity index (χ0v) is 12.4. The van der Waals surface area contributed by atoms with Crippen LogP contribution in [0.15, 0.2) is 47.5 Å². The molecule has 2 amide bonds. The summed E-state index contributed by atoms with van der Waals surface area (Å²) in [5.41, 5.74) is 1.37. The fourth-order valence-electron chi connectivity index (χ4n) is 2.28. The number of hydrogen-bond acceptors (Lipinski definition) is 3. The number of aryl methyl sites for hydroxylation is 1. The summed E-state index contributed by atoms with van der Waals surface area (Å²) in [6, 6.07) is 8.85. The summed E-state index contributed by atoms with van der Waals surface area (Å²) >= 11 is 0. The van der Waals surface area contributed by atoms with Gasteiger partial charge < -0.3 is 14.8 Å². The van der Waals surface area contributed by atoms with Crippen molar-refractivity contribution in [1.29, 1.82) is 0 Å². The second kappa shape index (κ2) is 6.01. The predicted octanol–water partition coefficient (Wildman–Crippen LogP) is 1.98. The molecule has 6 heteroatoms. The zero-order chi connectivity index (χ0) is 15.5. The van der Waals surface area contributed by atoms with Crippen molar-refractivity contribution in [2.45, 2.75) is 25.4 Å². The third-order valence-corrected chi connectivity index (χ3v) is 3.64. The molecule has 0 saturated heterocycles. The molecule has 0 bridgehead atoms. The Morgan fingerprint density at radius 2 is 2.18 bits per heavy atom. The van der Waals surface area contributed by atoms with Crippen molar-refractivity contribution >= 4 is 11.7 Å². The lowest BCUT2D eigenvalue weighted by Gasteiger charge is -2.22. The predicted molar refractivity (Wildman–Crippen MR) is 83.5 cm³/mol. The molecule has 2 aromatic rings. The third-order valence-electron chi connectivity index (χ3n) is 3.64. The Balaban J connectivity index is 1.72. The van der Waals surface area contributed by atoms with Crippen molar-refractivity contribution in [1.82, 2.24) is 14.5 Å². The Morgan fingerprint density at radius 1 is 1.36 bits per heavy atom. The maximum absolute atomic E-state index is 12.5. The number of carbonyl (C=O) groups excluding carboxylic acids is 1. The number of amides is 2. The van der Waals surface area contributed by atoms with E-state index in [0.717, 1.165) is 18.5 Å². The monoisotopic (exact) mass is 298 g/mol. The molecule has 1 aliphatic rings. The smallest absolute Gasteiger partial charge is 0.317 e. The van der Waals surface area contributed by atoms with Gasteiger partial charge in [-0.1, -0.05) is 6.07 Å². The molecule has 0 aromatic carbocycles. The minimum atomic E-state index is -0.160. The Bertz CT molecular complexity index is 722. The lowest BCUT2D eigenvalue weighted by molar-refractivity contribution is 0.205. The molecule has 22 heavy (non-hydrogen) atoms. The van der Waals surface area contributed by atoms with E-state index < -0.39 is 0 Å². The molecule has 0 atom stereocenters. The van der Waals surface area contributed by atoms with Crippen LogP contribution in [0.5, 0.6) is 0 Å². The van der Waals surface area contributed by atoms with Crippen LogP contribution in [0.1, 0.15) is 18.5 Å². The van der Waals surface area contributed by atoms with Gasteiger partial charge in [0, 0.05) is 31.5 Å². The highest BCUT2D eigenvalue weighted by Crippen LogP contribution is 2.28. The average Bonchev–Trinajstić information content (AvgIpc) is 3.34. The van der Waals surface area contributed by atoms with Gasteiger partial charge in [-0.25, -0.2) is 4.79 Å². The molecule has 2 aromatic heterocycles. The summed E-state index contributed by atoms with van der Waals surface area (Å²) in [6.07, 6.45) is 5.39. The summed E-state index contributed by atoms with van der Waals surface area (Å²) in [4.78, 5) is 30.0. The summed E-state index contributed by atoms with van der Waals surface area (Å²) in [5, 5.41) is 2.85. The first-order valence-corrected chi connectivity index (χ1v) is 7.28. The molecule has 1 aliphatic carbocycles. The third kappa shape index (κ3) is 3.33. The van der Waals surface area contributed by atoms with Gasteiger partial charge in [0.2, 0.25) is 5.56 Å². The Morgan fingerprint density at radius 3 is 2.82 bits per heavy atom. The van der Waals surface area contributed by atoms with Crippen LogP contribution >= 0.6 is 0 Å². The highest BCUT2D eigenvalue weighted by Gasteiger charge is 2.32. The second-order valence-corrected chi connectivity index (χ2v) is 5.48. The van der Waals surface area contributed by atoms with Crippen LogP contribution in [-0.4, -0.2) is 26.5 Å². The SMILES string of the molecule is Cn1cc(NC(=O)N(Cc2ccccn2)C2CC2)ccc1=O. The fraction of sp³-hybridized carbons (Fsp3) is 0.312. The molecule has 1 N–H and O–H groups in total. The molecule has 0 unspecified atom stereocenters. The van der Waals surface area contributed by atoms with Gasteiger partial charge in [-0.05, 0) is 31.0 Å². The van der Waals surface area contributed by atoms with E-state index in [9.17, 15) is 9.59 Å². The van der Waals surface area contributed by atoms with Gasteiger partial charge in [0.15, 0.2) is 0 Å². The van der Waals surface area contributed by atoms with E-state index in [1.54, 1.807) is 30.4 Å². The number of anilines is 1. The molecular formula is C16H18N4O2. The summed E-state index contributed by atoms with van der Waals surface area (Å²) < 4.78 is 1.44. The van der Waals surface area contributed by atoms with E-state index in [0.29, 0.717) is 12.2 Å². The van der Waals surface area contributed by atoms with Crippen LogP contribution in [0.2, 0.25) is 0 Å². The van der Waals surface area contributed by atoms with Gasteiger partial charge in [-0.2, -0.15) is 0 Å². The molecule has 0 radical (unpaired) electrons. The minimum Gasteiger partial charge on any atom is -0.317 e. The van der Waals surface area contributed by atoms with Gasteiger partial charge in [0.05, 0.1) is 17.9 Å². The van der Waals surface area contributed by atoms with Crippen molar-refractivity contribution in [3.05, 3.63) is 58.8 Å². The van der Waals surface area contributed by atoms with E-state index in [1.807, 2.05) is 18.2 Å². The van der Waals surface area contributed by atoms with Crippen LogP contribution in [0, 0.1) is 0 Å². The average molecular weight is 298 g/mol. The Hall–Kier alpha value is -2.63. The van der Waals surface area contributed by atoms with Gasteiger partial charge >= 0.3 is 6.03 Å². The number of urea groups is 1. The van der Waals surface area contributed by atoms with Gasteiger partial charge in [-0.3, -0.25) is 9.78 Å². The highest BCUT2D eigenvalue weighted by atomic mass is 16.2. The maximum atomic E-state index is 12.5. The van der Waals surface area contributed by atoms with Crippen molar-refractivity contribution in [2.24, 2.45) is 7.05 Å². The lowest BCUT2D eigenvalue weighted by Crippen LogP contribution is -2.36. The van der Waals surface area contributed by atoms with Gasteiger partial charge in [0.1, 0.15) is 0 Å². The number of nitrogens with zero attached hydrogens (tertiary/aromatic N) is 3. The highest BCUT2D eigenvalue weighted by molar-refractivity contribution is 5.89. The lowest BCUT2D eigenvalue weighted by atomic mass is 10.3. The molecule has 0 spiro atoms. The number of pyridine rings is 2. The first-order chi connectivity index (χ1) is 10.6. The molecule has 2 heterocycles. The van der Waals surface area contributed by atoms with E-state index in [4.69, 9.17) is 0 Å². The number of hydrogen-bond donors (Lipinski definition) is 1. The van der Waals surface area contributed by atoms with E-state index in [-0.39, 0.29) is 17.6 Å². The normalized spacial score (nSPS) is 13.7. The van der Waals surface area contributed by atoms with Crippen LogP contribution in [-0.2, 0) is 13.6 Å². The molecule has 0 aliphatic heterocycles. The number of aromatic nitrogens is 2. The Labute approximate surface area is 128 Å². The quantitative estimate of drug-likeness (QED) is 0.938. The molecule has 1 fully saturated rings. The zero-order valence-electron chi connectivity index (χ0n) is 12.4. The number of nitrogens with one attached hydrogen (secondary N) is 1. The molecule has 114 valence electrons. The van der Waals surface area contributed by atoms with E-state index in [1.165, 1.54) is 10.6 Å². The van der Waals surface area contributed by atoms with Crippen molar-refractivity contribution < 1.29 is 4.79 Å².